The second-order valence-corrected chi connectivity index (χ2v) is 9.54. The van der Waals surface area contributed by atoms with E-state index in [9.17, 15) is 22.8 Å². The number of alkyl halides is 3. The van der Waals surface area contributed by atoms with Crippen molar-refractivity contribution in [2.45, 2.75) is 56.9 Å². The summed E-state index contributed by atoms with van der Waals surface area (Å²) in [6, 6.07) is 2.24. The Kier molecular flexibility index (Phi) is 5.30. The lowest BCUT2D eigenvalue weighted by molar-refractivity contribution is -0.137. The lowest BCUT2D eigenvalue weighted by Crippen LogP contribution is -2.62. The van der Waals surface area contributed by atoms with Crippen molar-refractivity contribution in [3.63, 3.8) is 0 Å². The van der Waals surface area contributed by atoms with Crippen LogP contribution < -0.4 is 10.6 Å². The molecule has 2 fully saturated rings. The number of aromatic nitrogens is 3. The highest BCUT2D eigenvalue weighted by molar-refractivity contribution is 6.03. The average molecular weight is 477 g/mol. The van der Waals surface area contributed by atoms with E-state index in [1.165, 1.54) is 6.42 Å². The Bertz CT molecular complexity index is 1120. The van der Waals surface area contributed by atoms with Crippen molar-refractivity contribution in [1.29, 1.82) is 0 Å². The van der Waals surface area contributed by atoms with Gasteiger partial charge in [-0.3, -0.25) is 19.8 Å². The van der Waals surface area contributed by atoms with E-state index < -0.39 is 23.2 Å². The second-order valence-electron chi connectivity index (χ2n) is 9.54. The maximum atomic E-state index is 13.1. The van der Waals surface area contributed by atoms with Crippen LogP contribution in [0.2, 0.25) is 0 Å². The van der Waals surface area contributed by atoms with Gasteiger partial charge in [0.1, 0.15) is 5.69 Å². The summed E-state index contributed by atoms with van der Waals surface area (Å²) < 4.78 is 38.1. The third-order valence-electron chi connectivity index (χ3n) is 7.09. The van der Waals surface area contributed by atoms with Gasteiger partial charge in [0.2, 0.25) is 0 Å². The fourth-order valence-electron chi connectivity index (χ4n) is 5.18. The largest absolute Gasteiger partial charge is 0.417 e. The maximum Gasteiger partial charge on any atom is 0.417 e. The summed E-state index contributed by atoms with van der Waals surface area (Å²) >= 11 is 0. The molecule has 0 spiro atoms. The molecule has 12 heteroatoms. The van der Waals surface area contributed by atoms with Gasteiger partial charge in [-0.25, -0.2) is 4.79 Å². The van der Waals surface area contributed by atoms with Crippen LogP contribution in [0.1, 0.15) is 54.0 Å². The molecule has 4 heterocycles. The van der Waals surface area contributed by atoms with Gasteiger partial charge in [-0.15, -0.1) is 0 Å². The summed E-state index contributed by atoms with van der Waals surface area (Å²) in [6.07, 6.45) is -1.17. The number of hydrogen-bond acceptors (Lipinski definition) is 5. The molecule has 2 aliphatic heterocycles. The zero-order chi connectivity index (χ0) is 24.3. The van der Waals surface area contributed by atoms with Gasteiger partial charge in [-0.2, -0.15) is 18.3 Å². The summed E-state index contributed by atoms with van der Waals surface area (Å²) in [7, 11) is 0. The standard InChI is InChI=1S/C22H26F3N7O2/c1-12-10-31-7-3-4-14(31)11-32(12)20(34)28-21(2)8-15-17(21)29-30-18(15)27-19(33)16-6-5-13(9-26-16)22(23,24)25/h5-6,9,12,14H,3-4,7-8,10-11H2,1-2H3,(H,28,34)(H2,27,29,30,33). The summed E-state index contributed by atoms with van der Waals surface area (Å²) in [5.74, 6) is -0.384. The first-order valence-electron chi connectivity index (χ1n) is 11.3. The van der Waals surface area contributed by atoms with E-state index in [0.717, 1.165) is 37.2 Å². The Morgan fingerprint density at radius 1 is 1.26 bits per heavy atom. The van der Waals surface area contributed by atoms with Gasteiger partial charge < -0.3 is 15.5 Å². The second kappa shape index (κ2) is 7.97. The summed E-state index contributed by atoms with van der Waals surface area (Å²) in [6.45, 7) is 6.63. The van der Waals surface area contributed by atoms with Crippen LogP contribution >= 0.6 is 0 Å². The minimum Gasteiger partial charge on any atom is -0.327 e. The summed E-state index contributed by atoms with van der Waals surface area (Å²) in [5, 5.41) is 12.7. The van der Waals surface area contributed by atoms with Gasteiger partial charge in [0.15, 0.2) is 5.82 Å². The number of nitrogens with one attached hydrogen (secondary N) is 3. The molecule has 9 nitrogen and oxygen atoms in total. The molecule has 2 saturated heterocycles. The molecule has 0 saturated carbocycles. The third kappa shape index (κ3) is 3.89. The van der Waals surface area contributed by atoms with Gasteiger partial charge in [-0.1, -0.05) is 0 Å². The van der Waals surface area contributed by atoms with Gasteiger partial charge in [0.25, 0.3) is 5.91 Å². The fraction of sp³-hybridized carbons (Fsp3) is 0.545. The number of carbonyl (C=O) groups excluding carboxylic acids is 2. The number of pyridine rings is 1. The number of aromatic amines is 1. The van der Waals surface area contributed by atoms with Crippen molar-refractivity contribution in [2.75, 3.05) is 25.0 Å². The van der Waals surface area contributed by atoms with Crippen LogP contribution in [0, 0.1) is 0 Å². The Hall–Kier alpha value is -3.15. The van der Waals surface area contributed by atoms with Crippen molar-refractivity contribution < 1.29 is 22.8 Å². The Morgan fingerprint density at radius 2 is 2.06 bits per heavy atom. The number of fused-ring (bicyclic) bond motifs is 2. The molecule has 0 aromatic carbocycles. The number of carbonyl (C=O) groups is 2. The van der Waals surface area contributed by atoms with Crippen molar-refractivity contribution in [1.82, 2.24) is 30.3 Å². The van der Waals surface area contributed by atoms with Crippen LogP contribution in [0.4, 0.5) is 23.8 Å². The zero-order valence-corrected chi connectivity index (χ0v) is 18.9. The zero-order valence-electron chi connectivity index (χ0n) is 18.9. The first-order chi connectivity index (χ1) is 16.0. The van der Waals surface area contributed by atoms with E-state index in [2.05, 4.69) is 37.6 Å². The molecule has 182 valence electrons. The molecule has 0 bridgehead atoms. The molecule has 5 rings (SSSR count). The van der Waals surface area contributed by atoms with E-state index in [-0.39, 0.29) is 23.6 Å². The number of piperazine rings is 1. The first kappa shape index (κ1) is 22.6. The number of urea groups is 1. The van der Waals surface area contributed by atoms with E-state index in [4.69, 9.17) is 0 Å². The van der Waals surface area contributed by atoms with Crippen molar-refractivity contribution in [3.8, 4) is 0 Å². The van der Waals surface area contributed by atoms with E-state index in [0.29, 0.717) is 30.9 Å². The Balaban J connectivity index is 1.23. The molecular formula is C22H26F3N7O2. The van der Waals surface area contributed by atoms with E-state index in [1.54, 1.807) is 0 Å². The number of rotatable bonds is 3. The molecule has 3 unspecified atom stereocenters. The third-order valence-corrected chi connectivity index (χ3v) is 7.09. The lowest BCUT2D eigenvalue weighted by atomic mass is 9.76. The highest BCUT2D eigenvalue weighted by Gasteiger charge is 2.46. The van der Waals surface area contributed by atoms with Crippen LogP contribution in [-0.4, -0.2) is 68.6 Å². The smallest absolute Gasteiger partial charge is 0.327 e. The molecule has 0 radical (unpaired) electrons. The molecule has 1 aliphatic carbocycles. The first-order valence-corrected chi connectivity index (χ1v) is 11.3. The van der Waals surface area contributed by atoms with Crippen molar-refractivity contribution in [3.05, 3.63) is 40.8 Å². The summed E-state index contributed by atoms with van der Waals surface area (Å²) in [4.78, 5) is 33.5. The van der Waals surface area contributed by atoms with Crippen LogP contribution in [0.5, 0.6) is 0 Å². The Labute approximate surface area is 194 Å². The predicted octanol–water partition coefficient (Wildman–Crippen LogP) is 2.73. The molecular weight excluding hydrogens is 451 g/mol. The molecule has 2 aromatic heterocycles. The molecule has 3 amide bonds. The topological polar surface area (TPSA) is 106 Å². The monoisotopic (exact) mass is 477 g/mol. The normalized spacial score (nSPS) is 26.4. The molecule has 3 N–H and O–H groups in total. The lowest BCUT2D eigenvalue weighted by Gasteiger charge is -2.45. The maximum absolute atomic E-state index is 13.1. The number of halogens is 3. The van der Waals surface area contributed by atoms with E-state index in [1.807, 2.05) is 11.8 Å². The number of H-pyrrole nitrogens is 1. The van der Waals surface area contributed by atoms with Gasteiger partial charge in [-0.05, 0) is 45.4 Å². The quantitative estimate of drug-likeness (QED) is 0.631. The fourth-order valence-corrected chi connectivity index (χ4v) is 5.18. The van der Waals surface area contributed by atoms with Crippen LogP contribution in [0.25, 0.3) is 0 Å². The van der Waals surface area contributed by atoms with Gasteiger partial charge in [0, 0.05) is 43.4 Å². The van der Waals surface area contributed by atoms with Crippen molar-refractivity contribution in [2.24, 2.45) is 0 Å². The van der Waals surface area contributed by atoms with Gasteiger partial charge in [0.05, 0.1) is 16.8 Å². The predicted molar refractivity (Wildman–Crippen MR) is 116 cm³/mol. The van der Waals surface area contributed by atoms with Crippen molar-refractivity contribution >= 4 is 17.8 Å². The van der Waals surface area contributed by atoms with Crippen LogP contribution in [0.15, 0.2) is 18.3 Å². The van der Waals surface area contributed by atoms with E-state index >= 15 is 0 Å². The van der Waals surface area contributed by atoms with Crippen LogP contribution in [0.3, 0.4) is 0 Å². The number of anilines is 1. The SMILES string of the molecule is CC1CN2CCCC2CN1C(=O)NC1(C)Cc2c(NC(=O)c3ccc(C(F)(F)F)cn3)n[nH]c21. The highest BCUT2D eigenvalue weighted by atomic mass is 19.4. The number of nitrogens with zero attached hydrogens (tertiary/aromatic N) is 4. The molecule has 2 aromatic rings. The molecule has 3 atom stereocenters. The number of hydrogen-bond donors (Lipinski definition) is 3. The minimum atomic E-state index is -4.52. The Morgan fingerprint density at radius 3 is 2.76 bits per heavy atom. The highest BCUT2D eigenvalue weighted by Crippen LogP contribution is 2.41. The summed E-state index contributed by atoms with van der Waals surface area (Å²) in [5.41, 5.74) is -0.287. The number of amides is 3. The van der Waals surface area contributed by atoms with Gasteiger partial charge >= 0.3 is 12.2 Å². The average Bonchev–Trinajstić information content (AvgIpc) is 3.36. The molecule has 34 heavy (non-hydrogen) atoms. The minimum absolute atomic E-state index is 0.116. The molecule has 3 aliphatic rings. The van der Waals surface area contributed by atoms with Crippen LogP contribution in [-0.2, 0) is 18.1 Å².